The van der Waals surface area contributed by atoms with Crippen molar-refractivity contribution in [1.29, 1.82) is 0 Å². The highest BCUT2D eigenvalue weighted by molar-refractivity contribution is 6.00. The highest BCUT2D eigenvalue weighted by Gasteiger charge is 2.29. The van der Waals surface area contributed by atoms with E-state index in [9.17, 15) is 14.4 Å². The van der Waals surface area contributed by atoms with Gasteiger partial charge in [-0.05, 0) is 82.9 Å². The third-order valence-corrected chi connectivity index (χ3v) is 8.81. The number of piperidine rings is 1. The standard InChI is InChI=1S/C36H41N9O5/c1-36(2,3)50-35(48)43-17-13-25(14-18-43)44-19-12-23-20-24(8-9-27(23)44)39-34-38-21-26-31(42-34)40-29-11-10-28-32(41-29)45(30(46)22-49-28)16-7-5-4-6-15-37-33(26)47/h4,6,8-12,19-21,25H,5,7,13-18,22H2,1-3H3,(H,37,47)(H2,38,39,40,41,42)/b6-4-. The Morgan fingerprint density at radius 1 is 1.04 bits per heavy atom. The van der Waals surface area contributed by atoms with Gasteiger partial charge < -0.3 is 34.9 Å². The van der Waals surface area contributed by atoms with Crippen molar-refractivity contribution in [1.82, 2.24) is 29.7 Å². The molecule has 3 aromatic heterocycles. The van der Waals surface area contributed by atoms with Gasteiger partial charge in [-0.25, -0.2) is 14.8 Å². The van der Waals surface area contributed by atoms with Crippen LogP contribution in [0.3, 0.4) is 0 Å². The van der Waals surface area contributed by atoms with Crippen LogP contribution in [0.2, 0.25) is 0 Å². The Kier molecular flexibility index (Phi) is 9.00. The van der Waals surface area contributed by atoms with Crippen LogP contribution in [0.5, 0.6) is 5.75 Å². The highest BCUT2D eigenvalue weighted by atomic mass is 16.6. The van der Waals surface area contributed by atoms with Crippen LogP contribution in [0, 0.1) is 0 Å². The van der Waals surface area contributed by atoms with E-state index in [2.05, 4.69) is 53.8 Å². The number of aromatic nitrogens is 4. The fraction of sp³-hybridized carbons (Fsp3) is 0.389. The number of fused-ring (bicyclic) bond motifs is 3. The summed E-state index contributed by atoms with van der Waals surface area (Å²) in [5.41, 5.74) is 1.60. The molecule has 0 unspecified atom stereocenters. The minimum atomic E-state index is -0.516. The average molecular weight is 680 g/mol. The molecule has 14 nitrogen and oxygen atoms in total. The van der Waals surface area contributed by atoms with Crippen LogP contribution >= 0.6 is 0 Å². The molecule has 1 fully saturated rings. The highest BCUT2D eigenvalue weighted by Crippen LogP contribution is 2.34. The van der Waals surface area contributed by atoms with Gasteiger partial charge in [0.15, 0.2) is 18.2 Å². The van der Waals surface area contributed by atoms with Gasteiger partial charge in [-0.2, -0.15) is 4.98 Å². The van der Waals surface area contributed by atoms with Gasteiger partial charge in [0.05, 0.1) is 0 Å². The number of pyridine rings is 1. The van der Waals surface area contributed by atoms with E-state index in [0.29, 0.717) is 43.6 Å². The zero-order valence-corrected chi connectivity index (χ0v) is 28.4. The van der Waals surface area contributed by atoms with Gasteiger partial charge in [0.1, 0.15) is 22.8 Å². The van der Waals surface area contributed by atoms with Crippen molar-refractivity contribution in [2.75, 3.05) is 48.3 Å². The maximum Gasteiger partial charge on any atom is 0.410 e. The molecule has 50 heavy (non-hydrogen) atoms. The fourth-order valence-electron chi connectivity index (χ4n) is 6.36. The van der Waals surface area contributed by atoms with E-state index in [-0.39, 0.29) is 47.9 Å². The molecule has 3 amide bonds. The Balaban J connectivity index is 1.10. The smallest absolute Gasteiger partial charge is 0.410 e. The summed E-state index contributed by atoms with van der Waals surface area (Å²) in [5.74, 6) is 1.40. The number of hydrogen-bond acceptors (Lipinski definition) is 10. The topological polar surface area (TPSA) is 156 Å². The Morgan fingerprint density at radius 2 is 1.88 bits per heavy atom. The number of carbonyl (C=O) groups is 3. The summed E-state index contributed by atoms with van der Waals surface area (Å²) in [6.07, 6.45) is 10.3. The fourth-order valence-corrected chi connectivity index (χ4v) is 6.36. The van der Waals surface area contributed by atoms with Gasteiger partial charge in [0.25, 0.3) is 11.8 Å². The third-order valence-electron chi connectivity index (χ3n) is 8.81. The van der Waals surface area contributed by atoms with Crippen molar-refractivity contribution in [3.63, 3.8) is 0 Å². The van der Waals surface area contributed by atoms with E-state index < -0.39 is 5.60 Å². The summed E-state index contributed by atoms with van der Waals surface area (Å²) in [6.45, 7) is 7.73. The van der Waals surface area contributed by atoms with Gasteiger partial charge in [-0.1, -0.05) is 12.2 Å². The zero-order chi connectivity index (χ0) is 34.8. The van der Waals surface area contributed by atoms with Crippen molar-refractivity contribution in [2.45, 2.75) is 58.1 Å². The predicted octanol–water partition coefficient (Wildman–Crippen LogP) is 5.69. The lowest BCUT2D eigenvalue weighted by Gasteiger charge is -2.34. The molecule has 6 heterocycles. The number of anilines is 5. The number of allylic oxidation sites excluding steroid dienone is 1. The van der Waals surface area contributed by atoms with E-state index >= 15 is 0 Å². The number of nitrogens with one attached hydrogen (secondary N) is 3. The second-order valence-electron chi connectivity index (χ2n) is 13.6. The van der Waals surface area contributed by atoms with Crippen molar-refractivity contribution < 1.29 is 23.9 Å². The molecular formula is C36H41N9O5. The lowest BCUT2D eigenvalue weighted by molar-refractivity contribution is -0.121. The SMILES string of the molecule is CC(C)(C)OC(=O)N1CCC(n2ccc3cc(Nc4ncc5c(n4)Nc4ccc6c(n4)N(CCC/C=C\CNC5=O)C(=O)CO6)ccc32)CC1. The van der Waals surface area contributed by atoms with E-state index in [1.807, 2.05) is 45.1 Å². The molecule has 0 aliphatic carbocycles. The summed E-state index contributed by atoms with van der Waals surface area (Å²) in [5, 5.41) is 10.4. The molecule has 7 rings (SSSR count). The third kappa shape index (κ3) is 7.19. The van der Waals surface area contributed by atoms with Gasteiger partial charge >= 0.3 is 6.09 Å². The molecule has 1 saturated heterocycles. The number of hydrogen-bond donors (Lipinski definition) is 3. The summed E-state index contributed by atoms with van der Waals surface area (Å²) < 4.78 is 13.5. The number of amides is 3. The lowest BCUT2D eigenvalue weighted by Crippen LogP contribution is -2.42. The quantitative estimate of drug-likeness (QED) is 0.230. The Bertz CT molecular complexity index is 1960. The first-order chi connectivity index (χ1) is 24.1. The van der Waals surface area contributed by atoms with Crippen LogP contribution in [-0.2, 0) is 9.53 Å². The van der Waals surface area contributed by atoms with Crippen molar-refractivity contribution in [3.05, 3.63) is 66.5 Å². The summed E-state index contributed by atoms with van der Waals surface area (Å²) in [7, 11) is 0. The van der Waals surface area contributed by atoms with Crippen LogP contribution in [0.25, 0.3) is 10.9 Å². The van der Waals surface area contributed by atoms with Crippen LogP contribution < -0.4 is 25.6 Å². The lowest BCUT2D eigenvalue weighted by atomic mass is 10.0. The molecular weight excluding hydrogens is 638 g/mol. The van der Waals surface area contributed by atoms with E-state index in [4.69, 9.17) is 9.47 Å². The monoisotopic (exact) mass is 679 g/mol. The molecule has 1 aromatic carbocycles. The maximum atomic E-state index is 13.2. The molecule has 3 aliphatic heterocycles. The first kappa shape index (κ1) is 32.9. The number of likely N-dealkylation sites (tertiary alicyclic amines) is 1. The number of benzene rings is 1. The summed E-state index contributed by atoms with van der Waals surface area (Å²) in [6, 6.07) is 11.9. The Labute approximate surface area is 289 Å². The maximum absolute atomic E-state index is 13.2. The number of rotatable bonds is 3. The minimum absolute atomic E-state index is 0.0352. The van der Waals surface area contributed by atoms with Gasteiger partial charge in [-0.15, -0.1) is 0 Å². The first-order valence-corrected chi connectivity index (χ1v) is 17.0. The summed E-state index contributed by atoms with van der Waals surface area (Å²) in [4.78, 5) is 55.8. The van der Waals surface area contributed by atoms with Gasteiger partial charge in [0, 0.05) is 61.2 Å². The zero-order valence-electron chi connectivity index (χ0n) is 28.4. The van der Waals surface area contributed by atoms with Crippen LogP contribution in [0.4, 0.5) is 33.9 Å². The van der Waals surface area contributed by atoms with E-state index in [0.717, 1.165) is 42.3 Å². The molecule has 0 spiro atoms. The van der Waals surface area contributed by atoms with Crippen molar-refractivity contribution in [2.24, 2.45) is 0 Å². The molecule has 14 heteroatoms. The van der Waals surface area contributed by atoms with Crippen molar-refractivity contribution >= 4 is 57.9 Å². The Morgan fingerprint density at radius 3 is 2.70 bits per heavy atom. The Hall–Kier alpha value is -5.66. The van der Waals surface area contributed by atoms with Crippen LogP contribution in [0.1, 0.15) is 62.9 Å². The predicted molar refractivity (Wildman–Crippen MR) is 189 cm³/mol. The molecule has 2 bridgehead atoms. The van der Waals surface area contributed by atoms with E-state index in [1.54, 1.807) is 21.9 Å². The second-order valence-corrected chi connectivity index (χ2v) is 13.6. The largest absolute Gasteiger partial charge is 0.480 e. The second kappa shape index (κ2) is 13.7. The number of nitrogens with zero attached hydrogens (tertiary/aromatic N) is 6. The molecule has 0 saturated carbocycles. The van der Waals surface area contributed by atoms with Gasteiger partial charge in [0.2, 0.25) is 5.95 Å². The molecule has 260 valence electrons. The van der Waals surface area contributed by atoms with Crippen LogP contribution in [-0.4, -0.2) is 80.7 Å². The minimum Gasteiger partial charge on any atom is -0.480 e. The van der Waals surface area contributed by atoms with E-state index in [1.165, 1.54) is 6.20 Å². The van der Waals surface area contributed by atoms with Gasteiger partial charge in [-0.3, -0.25) is 14.5 Å². The average Bonchev–Trinajstić information content (AvgIpc) is 3.51. The molecule has 0 radical (unpaired) electrons. The molecule has 4 aromatic rings. The number of ether oxygens (including phenoxy) is 2. The first-order valence-electron chi connectivity index (χ1n) is 17.0. The molecule has 0 atom stereocenters. The molecule has 3 aliphatic rings. The van der Waals surface area contributed by atoms with Crippen LogP contribution in [0.15, 0.2) is 60.9 Å². The number of carbonyl (C=O) groups excluding carboxylic acids is 3. The normalized spacial score (nSPS) is 17.8. The molecule has 3 N–H and O–H groups in total. The van der Waals surface area contributed by atoms with Crippen molar-refractivity contribution in [3.8, 4) is 5.75 Å². The summed E-state index contributed by atoms with van der Waals surface area (Å²) >= 11 is 0.